The lowest BCUT2D eigenvalue weighted by Gasteiger charge is -2.22. The predicted octanol–water partition coefficient (Wildman–Crippen LogP) is 6.87. The van der Waals surface area contributed by atoms with Crippen LogP contribution in [0.5, 0.6) is 0 Å². The van der Waals surface area contributed by atoms with Gasteiger partial charge in [-0.1, -0.05) is 76.7 Å². The highest BCUT2D eigenvalue weighted by Gasteiger charge is 2.48. The molecule has 1 fully saturated rings. The van der Waals surface area contributed by atoms with Gasteiger partial charge in [-0.05, 0) is 60.9 Å². The summed E-state index contributed by atoms with van der Waals surface area (Å²) in [7, 11) is 0. The van der Waals surface area contributed by atoms with Crippen LogP contribution in [0.15, 0.2) is 76.6 Å². The zero-order chi connectivity index (χ0) is 27.0. The van der Waals surface area contributed by atoms with Crippen LogP contribution in [0.1, 0.15) is 33.9 Å². The van der Waals surface area contributed by atoms with Crippen molar-refractivity contribution in [2.24, 2.45) is 0 Å². The van der Waals surface area contributed by atoms with Gasteiger partial charge < -0.3 is 5.11 Å². The van der Waals surface area contributed by atoms with E-state index in [0.717, 1.165) is 28.0 Å². The molecule has 3 aromatic carbocycles. The van der Waals surface area contributed by atoms with Crippen molar-refractivity contribution in [3.63, 3.8) is 0 Å². The highest BCUT2D eigenvalue weighted by Crippen LogP contribution is 2.44. The Labute approximate surface area is 231 Å². The Morgan fingerprint density at radius 2 is 1.76 bits per heavy atom. The zero-order valence-electron chi connectivity index (χ0n) is 20.3. The summed E-state index contributed by atoms with van der Waals surface area (Å²) in [6.45, 7) is 3.68. The predicted molar refractivity (Wildman–Crippen MR) is 148 cm³/mol. The maximum Gasteiger partial charge on any atom is 0.301 e. The van der Waals surface area contributed by atoms with E-state index in [-0.39, 0.29) is 16.5 Å². The Bertz CT molecular complexity index is 1570. The van der Waals surface area contributed by atoms with Gasteiger partial charge in [-0.25, -0.2) is 4.39 Å². The standard InChI is InChI=1S/C28H21ClFN3O3S2/c1-15-3-4-16(2)21(13-15)24(34)22-23(18-7-11-20(30)12-8-18)33(26(36)25(22)35)27-31-32-28(38-27)37-14-17-5-9-19(29)10-6-17/h3-13,23,34H,14H2,1-2H3/b24-22+. The average molecular weight is 566 g/mol. The summed E-state index contributed by atoms with van der Waals surface area (Å²) in [4.78, 5) is 27.9. The molecule has 1 amide bonds. The molecule has 38 heavy (non-hydrogen) atoms. The van der Waals surface area contributed by atoms with Gasteiger partial charge in [0.25, 0.3) is 5.78 Å². The van der Waals surface area contributed by atoms with Crippen LogP contribution in [0.25, 0.3) is 5.76 Å². The number of thioether (sulfide) groups is 1. The van der Waals surface area contributed by atoms with E-state index in [4.69, 9.17) is 11.6 Å². The zero-order valence-corrected chi connectivity index (χ0v) is 22.7. The first-order valence-electron chi connectivity index (χ1n) is 11.6. The van der Waals surface area contributed by atoms with E-state index in [1.807, 2.05) is 38.1 Å². The molecule has 0 spiro atoms. The second-order valence-electron chi connectivity index (χ2n) is 8.80. The molecule has 10 heteroatoms. The number of aliphatic hydroxyl groups is 1. The van der Waals surface area contributed by atoms with Crippen molar-refractivity contribution in [2.45, 2.75) is 30.0 Å². The molecule has 5 rings (SSSR count). The van der Waals surface area contributed by atoms with Gasteiger partial charge in [0.05, 0.1) is 11.6 Å². The van der Waals surface area contributed by atoms with E-state index in [1.165, 1.54) is 40.9 Å². The number of anilines is 1. The number of ketones is 1. The number of aryl methyl sites for hydroxylation is 2. The van der Waals surface area contributed by atoms with Crippen molar-refractivity contribution in [3.8, 4) is 0 Å². The van der Waals surface area contributed by atoms with Gasteiger partial charge in [0.1, 0.15) is 11.6 Å². The fourth-order valence-corrected chi connectivity index (χ4v) is 6.16. The maximum absolute atomic E-state index is 13.8. The molecule has 192 valence electrons. The summed E-state index contributed by atoms with van der Waals surface area (Å²) in [5.41, 5.74) is 3.50. The minimum atomic E-state index is -1.00. The number of hydrogen-bond donors (Lipinski definition) is 1. The average Bonchev–Trinajstić information content (AvgIpc) is 3.47. The fraction of sp³-hybridized carbons (Fsp3) is 0.143. The number of halogens is 2. The van der Waals surface area contributed by atoms with Gasteiger partial charge in [-0.3, -0.25) is 14.5 Å². The lowest BCUT2D eigenvalue weighted by molar-refractivity contribution is -0.132. The Morgan fingerprint density at radius 3 is 2.47 bits per heavy atom. The summed E-state index contributed by atoms with van der Waals surface area (Å²) in [6.07, 6.45) is 0. The molecule has 0 radical (unpaired) electrons. The first-order chi connectivity index (χ1) is 18.2. The molecule has 2 heterocycles. The Kier molecular flexibility index (Phi) is 7.34. The summed E-state index contributed by atoms with van der Waals surface area (Å²) >= 11 is 8.56. The van der Waals surface area contributed by atoms with Crippen molar-refractivity contribution >= 4 is 57.3 Å². The van der Waals surface area contributed by atoms with Crippen LogP contribution in [-0.2, 0) is 15.3 Å². The topological polar surface area (TPSA) is 83.4 Å². The molecule has 0 saturated carbocycles. The molecule has 1 N–H and O–H groups in total. The van der Waals surface area contributed by atoms with E-state index in [2.05, 4.69) is 10.2 Å². The van der Waals surface area contributed by atoms with E-state index in [0.29, 0.717) is 26.2 Å². The first kappa shape index (κ1) is 26.1. The molecule has 1 aromatic heterocycles. The molecule has 1 aliphatic rings. The molecule has 1 unspecified atom stereocenters. The SMILES string of the molecule is Cc1ccc(C)c(/C(O)=C2\C(=O)C(=O)N(c3nnc(SCc4ccc(Cl)cc4)s3)C2c2ccc(F)cc2)c1. The molecular weight excluding hydrogens is 545 g/mol. The number of nitrogens with zero attached hydrogens (tertiary/aromatic N) is 3. The maximum atomic E-state index is 13.8. The highest BCUT2D eigenvalue weighted by atomic mass is 35.5. The quantitative estimate of drug-likeness (QED) is 0.0903. The van der Waals surface area contributed by atoms with Gasteiger partial charge in [0.2, 0.25) is 5.13 Å². The second-order valence-corrected chi connectivity index (χ2v) is 11.4. The number of benzene rings is 3. The summed E-state index contributed by atoms with van der Waals surface area (Å²) in [5, 5.41) is 20.6. The number of amides is 1. The normalized spacial score (nSPS) is 16.8. The first-order valence-corrected chi connectivity index (χ1v) is 13.8. The third-order valence-electron chi connectivity index (χ3n) is 6.16. The Morgan fingerprint density at radius 1 is 1.05 bits per heavy atom. The summed E-state index contributed by atoms with van der Waals surface area (Å²) in [6, 6.07) is 17.4. The number of carbonyl (C=O) groups excluding carboxylic acids is 2. The largest absolute Gasteiger partial charge is 0.507 e. The summed E-state index contributed by atoms with van der Waals surface area (Å²) < 4.78 is 14.4. The van der Waals surface area contributed by atoms with Crippen LogP contribution in [0.3, 0.4) is 0 Å². The van der Waals surface area contributed by atoms with E-state index in [9.17, 15) is 19.1 Å². The van der Waals surface area contributed by atoms with Gasteiger partial charge >= 0.3 is 5.91 Å². The number of Topliss-reactive ketones (excluding diaryl/α,β-unsaturated/α-hetero) is 1. The minimum absolute atomic E-state index is 0.0825. The molecule has 0 bridgehead atoms. The third kappa shape index (κ3) is 5.09. The van der Waals surface area contributed by atoms with Crippen LogP contribution in [0.2, 0.25) is 5.02 Å². The monoisotopic (exact) mass is 565 g/mol. The summed E-state index contributed by atoms with van der Waals surface area (Å²) in [5.74, 6) is -1.82. The molecule has 1 atom stereocenters. The van der Waals surface area contributed by atoms with Gasteiger partial charge in [0, 0.05) is 16.3 Å². The van der Waals surface area contributed by atoms with Crippen LogP contribution in [0, 0.1) is 19.7 Å². The molecule has 1 aliphatic heterocycles. The van der Waals surface area contributed by atoms with Crippen LogP contribution < -0.4 is 4.90 Å². The lowest BCUT2D eigenvalue weighted by atomic mass is 9.93. The molecule has 4 aromatic rings. The number of aliphatic hydroxyl groups excluding tert-OH is 1. The van der Waals surface area contributed by atoms with E-state index < -0.39 is 23.5 Å². The number of aromatic nitrogens is 2. The van der Waals surface area contributed by atoms with Gasteiger partial charge in [-0.15, -0.1) is 10.2 Å². The molecule has 1 saturated heterocycles. The van der Waals surface area contributed by atoms with Crippen molar-refractivity contribution in [1.82, 2.24) is 10.2 Å². The van der Waals surface area contributed by atoms with Crippen molar-refractivity contribution in [2.75, 3.05) is 4.90 Å². The molecule has 6 nitrogen and oxygen atoms in total. The molecular formula is C28H21ClFN3O3S2. The van der Waals surface area contributed by atoms with E-state index >= 15 is 0 Å². The van der Waals surface area contributed by atoms with Crippen LogP contribution in [0.4, 0.5) is 9.52 Å². The lowest BCUT2D eigenvalue weighted by Crippen LogP contribution is -2.29. The third-order valence-corrected chi connectivity index (χ3v) is 8.53. The van der Waals surface area contributed by atoms with Crippen molar-refractivity contribution < 1.29 is 19.1 Å². The van der Waals surface area contributed by atoms with Gasteiger partial charge in [0.15, 0.2) is 4.34 Å². The second kappa shape index (κ2) is 10.7. The highest BCUT2D eigenvalue weighted by molar-refractivity contribution is 8.00. The van der Waals surface area contributed by atoms with E-state index in [1.54, 1.807) is 18.2 Å². The fourth-order valence-electron chi connectivity index (χ4n) is 4.21. The smallest absolute Gasteiger partial charge is 0.301 e. The number of carbonyl (C=O) groups is 2. The molecule has 0 aliphatic carbocycles. The Balaban J connectivity index is 1.55. The minimum Gasteiger partial charge on any atom is -0.507 e. The number of hydrogen-bond acceptors (Lipinski definition) is 7. The van der Waals surface area contributed by atoms with Crippen LogP contribution >= 0.6 is 34.7 Å². The van der Waals surface area contributed by atoms with Crippen molar-refractivity contribution in [3.05, 3.63) is 111 Å². The number of rotatable bonds is 6. The Hall–Kier alpha value is -3.53. The van der Waals surface area contributed by atoms with Gasteiger partial charge in [-0.2, -0.15) is 0 Å². The van der Waals surface area contributed by atoms with Crippen molar-refractivity contribution in [1.29, 1.82) is 0 Å². The van der Waals surface area contributed by atoms with Crippen LogP contribution in [-0.4, -0.2) is 27.0 Å².